The summed E-state index contributed by atoms with van der Waals surface area (Å²) in [5.74, 6) is 0.601. The number of hydrogen-bond donors (Lipinski definition) is 1. The van der Waals surface area contributed by atoms with Gasteiger partial charge in [0.25, 0.3) is 5.91 Å². The monoisotopic (exact) mass is 358 g/mol. The van der Waals surface area contributed by atoms with Crippen LogP contribution in [-0.4, -0.2) is 67.1 Å². The van der Waals surface area contributed by atoms with Gasteiger partial charge in [0.15, 0.2) is 5.69 Å². The van der Waals surface area contributed by atoms with Crippen molar-refractivity contribution in [1.29, 1.82) is 0 Å². The van der Waals surface area contributed by atoms with Gasteiger partial charge in [0.05, 0.1) is 26.0 Å². The fourth-order valence-corrected chi connectivity index (χ4v) is 3.10. The van der Waals surface area contributed by atoms with E-state index in [0.717, 1.165) is 55.4 Å². The van der Waals surface area contributed by atoms with Crippen molar-refractivity contribution in [1.82, 2.24) is 20.0 Å². The van der Waals surface area contributed by atoms with Gasteiger partial charge in [-0.2, -0.15) is 5.10 Å². The van der Waals surface area contributed by atoms with E-state index in [1.807, 2.05) is 32.2 Å². The number of carbonyl (C=O) groups is 1. The minimum Gasteiger partial charge on any atom is -0.496 e. The molecule has 2 heterocycles. The van der Waals surface area contributed by atoms with Gasteiger partial charge in [-0.25, -0.2) is 0 Å². The van der Waals surface area contributed by atoms with E-state index in [-0.39, 0.29) is 5.91 Å². The molecule has 7 heteroatoms. The van der Waals surface area contributed by atoms with Crippen molar-refractivity contribution in [3.63, 3.8) is 0 Å². The van der Waals surface area contributed by atoms with Crippen molar-refractivity contribution in [3.8, 4) is 17.0 Å². The van der Waals surface area contributed by atoms with Crippen LogP contribution < -0.4 is 10.1 Å². The van der Waals surface area contributed by atoms with E-state index in [1.54, 1.807) is 17.9 Å². The molecule has 1 aromatic heterocycles. The molecule has 1 aromatic carbocycles. The van der Waals surface area contributed by atoms with Crippen LogP contribution in [0.1, 0.15) is 16.1 Å². The van der Waals surface area contributed by atoms with E-state index in [1.165, 1.54) is 0 Å². The fraction of sp³-hybridized carbons (Fsp3) is 0.474. The second-order valence-electron chi connectivity index (χ2n) is 6.45. The largest absolute Gasteiger partial charge is 0.496 e. The van der Waals surface area contributed by atoms with Gasteiger partial charge in [-0.15, -0.1) is 0 Å². The number of aromatic nitrogens is 2. The Labute approximate surface area is 153 Å². The van der Waals surface area contributed by atoms with E-state index >= 15 is 0 Å². The van der Waals surface area contributed by atoms with E-state index in [9.17, 15) is 4.79 Å². The SMILES string of the molecule is COc1ccc(C)cc1-c1cc(C(=O)NCCN2CCOCC2)nn1C. The van der Waals surface area contributed by atoms with Crippen molar-refractivity contribution in [2.45, 2.75) is 6.92 Å². The third-order valence-corrected chi connectivity index (χ3v) is 4.56. The molecule has 0 atom stereocenters. The summed E-state index contributed by atoms with van der Waals surface area (Å²) in [6.45, 7) is 6.79. The molecule has 0 saturated carbocycles. The minimum atomic E-state index is -0.160. The lowest BCUT2D eigenvalue weighted by Crippen LogP contribution is -2.41. The second kappa shape index (κ2) is 8.33. The smallest absolute Gasteiger partial charge is 0.271 e. The van der Waals surface area contributed by atoms with Gasteiger partial charge >= 0.3 is 0 Å². The number of aryl methyl sites for hydroxylation is 2. The Hall–Kier alpha value is -2.38. The van der Waals surface area contributed by atoms with Gasteiger partial charge in [-0.05, 0) is 25.1 Å². The van der Waals surface area contributed by atoms with E-state index in [0.29, 0.717) is 12.2 Å². The highest BCUT2D eigenvalue weighted by Gasteiger charge is 2.17. The lowest BCUT2D eigenvalue weighted by atomic mass is 10.1. The molecule has 1 amide bonds. The van der Waals surface area contributed by atoms with Crippen molar-refractivity contribution in [2.24, 2.45) is 7.05 Å². The third-order valence-electron chi connectivity index (χ3n) is 4.56. The topological polar surface area (TPSA) is 68.6 Å². The average Bonchev–Trinajstić information content (AvgIpc) is 3.04. The molecule has 0 radical (unpaired) electrons. The van der Waals surface area contributed by atoms with Crippen LogP contribution in [0.2, 0.25) is 0 Å². The number of methoxy groups -OCH3 is 1. The summed E-state index contributed by atoms with van der Waals surface area (Å²) in [7, 11) is 3.48. The molecule has 7 nitrogen and oxygen atoms in total. The molecule has 0 bridgehead atoms. The summed E-state index contributed by atoms with van der Waals surface area (Å²) in [5, 5.41) is 7.32. The van der Waals surface area contributed by atoms with Crippen LogP contribution in [0.15, 0.2) is 24.3 Å². The van der Waals surface area contributed by atoms with Crippen LogP contribution in [0.3, 0.4) is 0 Å². The summed E-state index contributed by atoms with van der Waals surface area (Å²) >= 11 is 0. The molecule has 1 saturated heterocycles. The van der Waals surface area contributed by atoms with Crippen LogP contribution >= 0.6 is 0 Å². The number of amides is 1. The highest BCUT2D eigenvalue weighted by atomic mass is 16.5. The van der Waals surface area contributed by atoms with Crippen molar-refractivity contribution < 1.29 is 14.3 Å². The summed E-state index contributed by atoms with van der Waals surface area (Å²) in [6, 6.07) is 7.77. The summed E-state index contributed by atoms with van der Waals surface area (Å²) in [6.07, 6.45) is 0. The molecule has 140 valence electrons. The quantitative estimate of drug-likeness (QED) is 0.847. The predicted octanol–water partition coefficient (Wildman–Crippen LogP) is 1.47. The highest BCUT2D eigenvalue weighted by molar-refractivity contribution is 5.93. The Balaban J connectivity index is 1.67. The molecule has 0 aliphatic carbocycles. The number of nitrogens with one attached hydrogen (secondary N) is 1. The van der Waals surface area contributed by atoms with Gasteiger partial charge < -0.3 is 14.8 Å². The maximum Gasteiger partial charge on any atom is 0.271 e. The number of rotatable bonds is 6. The minimum absolute atomic E-state index is 0.160. The van der Waals surface area contributed by atoms with Crippen LogP contribution in [0.4, 0.5) is 0 Å². The second-order valence-corrected chi connectivity index (χ2v) is 6.45. The Morgan fingerprint density at radius 3 is 2.81 bits per heavy atom. The third kappa shape index (κ3) is 4.23. The average molecular weight is 358 g/mol. The Morgan fingerprint density at radius 2 is 2.08 bits per heavy atom. The number of ether oxygens (including phenoxy) is 2. The highest BCUT2D eigenvalue weighted by Crippen LogP contribution is 2.31. The van der Waals surface area contributed by atoms with Gasteiger partial charge in [-0.3, -0.25) is 14.4 Å². The molecule has 1 aliphatic heterocycles. The zero-order valence-corrected chi connectivity index (χ0v) is 15.6. The standard InChI is InChI=1S/C19H26N4O3/c1-14-4-5-18(25-3)15(12-14)17-13-16(21-22(17)2)19(24)20-6-7-23-8-10-26-11-9-23/h4-5,12-13H,6-11H2,1-3H3,(H,20,24). The van der Waals surface area contributed by atoms with Crippen LogP contribution in [-0.2, 0) is 11.8 Å². The molecule has 0 unspecified atom stereocenters. The van der Waals surface area contributed by atoms with E-state index in [4.69, 9.17) is 9.47 Å². The first-order valence-electron chi connectivity index (χ1n) is 8.86. The van der Waals surface area contributed by atoms with Gasteiger partial charge in [0.2, 0.25) is 0 Å². The van der Waals surface area contributed by atoms with E-state index < -0.39 is 0 Å². The molecule has 3 rings (SSSR count). The van der Waals surface area contributed by atoms with Gasteiger partial charge in [0, 0.05) is 38.8 Å². The summed E-state index contributed by atoms with van der Waals surface area (Å²) in [5.41, 5.74) is 3.31. The van der Waals surface area contributed by atoms with Gasteiger partial charge in [-0.1, -0.05) is 11.6 Å². The van der Waals surface area contributed by atoms with Crippen LogP contribution in [0.5, 0.6) is 5.75 Å². The summed E-state index contributed by atoms with van der Waals surface area (Å²) < 4.78 is 12.5. The lowest BCUT2D eigenvalue weighted by molar-refractivity contribution is 0.0383. The fourth-order valence-electron chi connectivity index (χ4n) is 3.10. The van der Waals surface area contributed by atoms with Crippen LogP contribution in [0.25, 0.3) is 11.3 Å². The normalized spacial score (nSPS) is 15.0. The van der Waals surface area contributed by atoms with Crippen molar-refractivity contribution in [2.75, 3.05) is 46.5 Å². The maximum atomic E-state index is 12.4. The first kappa shape index (κ1) is 18.4. The predicted molar refractivity (Wildman–Crippen MR) is 99.5 cm³/mol. The lowest BCUT2D eigenvalue weighted by Gasteiger charge is -2.26. The van der Waals surface area contributed by atoms with Crippen molar-refractivity contribution >= 4 is 5.91 Å². The number of carbonyl (C=O) groups excluding carboxylic acids is 1. The maximum absolute atomic E-state index is 12.4. The zero-order chi connectivity index (χ0) is 18.5. The molecule has 1 fully saturated rings. The Bertz CT molecular complexity index is 766. The molecule has 2 aromatic rings. The number of morpholine rings is 1. The number of benzene rings is 1. The molecular weight excluding hydrogens is 332 g/mol. The first-order valence-corrected chi connectivity index (χ1v) is 8.86. The van der Waals surface area contributed by atoms with Gasteiger partial charge in [0.1, 0.15) is 5.75 Å². The van der Waals surface area contributed by atoms with E-state index in [2.05, 4.69) is 15.3 Å². The Morgan fingerprint density at radius 1 is 1.31 bits per heavy atom. The molecule has 0 spiro atoms. The number of nitrogens with zero attached hydrogens (tertiary/aromatic N) is 3. The molecular formula is C19H26N4O3. The van der Waals surface area contributed by atoms with Crippen molar-refractivity contribution in [3.05, 3.63) is 35.5 Å². The molecule has 1 N–H and O–H groups in total. The molecule has 26 heavy (non-hydrogen) atoms. The molecule has 1 aliphatic rings. The van der Waals surface area contributed by atoms with Crippen LogP contribution in [0, 0.1) is 6.92 Å². The summed E-state index contributed by atoms with van der Waals surface area (Å²) in [4.78, 5) is 14.7. The first-order chi connectivity index (χ1) is 12.6. The Kier molecular flexibility index (Phi) is 5.90. The zero-order valence-electron chi connectivity index (χ0n) is 15.6. The number of hydrogen-bond acceptors (Lipinski definition) is 5.